The molecule has 0 rings (SSSR count). The molecule has 0 heterocycles. The van der Waals surface area contributed by atoms with Crippen molar-refractivity contribution >= 4 is 5.91 Å². The number of rotatable bonds is 8. The van der Waals surface area contributed by atoms with Gasteiger partial charge in [-0.2, -0.15) is 0 Å². The van der Waals surface area contributed by atoms with E-state index in [4.69, 9.17) is 10.8 Å². The molecule has 0 aromatic carbocycles. The van der Waals surface area contributed by atoms with Crippen LogP contribution in [-0.4, -0.2) is 30.2 Å². The van der Waals surface area contributed by atoms with Crippen LogP contribution in [0, 0.1) is 5.92 Å². The SMILES string of the molecule is CCC(CCO)NC(=O)C(C)CCCN. The van der Waals surface area contributed by atoms with Crippen molar-refractivity contribution in [1.29, 1.82) is 0 Å². The third kappa shape index (κ3) is 6.47. The van der Waals surface area contributed by atoms with Gasteiger partial charge in [-0.1, -0.05) is 13.8 Å². The lowest BCUT2D eigenvalue weighted by Crippen LogP contribution is -2.38. The molecule has 0 saturated heterocycles. The van der Waals surface area contributed by atoms with E-state index in [1.165, 1.54) is 0 Å². The van der Waals surface area contributed by atoms with Crippen molar-refractivity contribution in [2.45, 2.75) is 45.6 Å². The van der Waals surface area contributed by atoms with E-state index in [0.29, 0.717) is 13.0 Å². The quantitative estimate of drug-likeness (QED) is 0.557. The lowest BCUT2D eigenvalue weighted by molar-refractivity contribution is -0.125. The van der Waals surface area contributed by atoms with E-state index in [1.807, 2.05) is 13.8 Å². The van der Waals surface area contributed by atoms with Crippen molar-refractivity contribution in [2.24, 2.45) is 11.7 Å². The predicted octanol–water partition coefficient (Wildman–Crippen LogP) is 0.639. The van der Waals surface area contributed by atoms with Crippen LogP contribution in [0.25, 0.3) is 0 Å². The number of hydrogen-bond acceptors (Lipinski definition) is 3. The minimum atomic E-state index is 0.0151. The summed E-state index contributed by atoms with van der Waals surface area (Å²) in [6.07, 6.45) is 3.20. The van der Waals surface area contributed by atoms with Crippen molar-refractivity contribution in [1.82, 2.24) is 5.32 Å². The number of hydrogen-bond donors (Lipinski definition) is 3. The van der Waals surface area contributed by atoms with Crippen molar-refractivity contribution in [2.75, 3.05) is 13.2 Å². The first kappa shape index (κ1) is 14.4. The van der Waals surface area contributed by atoms with Crippen molar-refractivity contribution < 1.29 is 9.90 Å². The second-order valence-electron chi connectivity index (χ2n) is 3.96. The first-order valence-corrected chi connectivity index (χ1v) is 5.77. The number of nitrogens with two attached hydrogens (primary N) is 1. The summed E-state index contributed by atoms with van der Waals surface area (Å²) in [7, 11) is 0. The Kier molecular flexibility index (Phi) is 8.33. The molecule has 0 radical (unpaired) electrons. The van der Waals surface area contributed by atoms with Gasteiger partial charge in [0.2, 0.25) is 5.91 Å². The summed E-state index contributed by atoms with van der Waals surface area (Å²) < 4.78 is 0. The molecule has 4 nitrogen and oxygen atoms in total. The molecule has 1 amide bonds. The van der Waals surface area contributed by atoms with Crippen LogP contribution in [0.2, 0.25) is 0 Å². The van der Waals surface area contributed by atoms with Gasteiger partial charge >= 0.3 is 0 Å². The second-order valence-corrected chi connectivity index (χ2v) is 3.96. The molecule has 15 heavy (non-hydrogen) atoms. The zero-order valence-corrected chi connectivity index (χ0v) is 9.83. The number of carbonyl (C=O) groups is 1. The molecule has 4 heteroatoms. The molecule has 0 aromatic heterocycles. The summed E-state index contributed by atoms with van der Waals surface area (Å²) in [5.74, 6) is 0.0880. The molecule has 0 fully saturated rings. The van der Waals surface area contributed by atoms with Crippen molar-refractivity contribution in [3.05, 3.63) is 0 Å². The zero-order valence-electron chi connectivity index (χ0n) is 9.83. The highest BCUT2D eigenvalue weighted by molar-refractivity contribution is 5.78. The highest BCUT2D eigenvalue weighted by atomic mass is 16.3. The number of aliphatic hydroxyl groups excluding tert-OH is 1. The van der Waals surface area contributed by atoms with Gasteiger partial charge in [0.1, 0.15) is 0 Å². The summed E-state index contributed by atoms with van der Waals surface area (Å²) in [6, 6.07) is 0.0998. The van der Waals surface area contributed by atoms with Crippen LogP contribution >= 0.6 is 0 Å². The fraction of sp³-hybridized carbons (Fsp3) is 0.909. The normalized spacial score (nSPS) is 14.7. The molecule has 2 unspecified atom stereocenters. The third-order valence-electron chi connectivity index (χ3n) is 2.61. The molecule has 0 aliphatic rings. The second kappa shape index (κ2) is 8.68. The smallest absolute Gasteiger partial charge is 0.223 e. The van der Waals surface area contributed by atoms with E-state index in [9.17, 15) is 4.79 Å². The third-order valence-corrected chi connectivity index (χ3v) is 2.61. The Hall–Kier alpha value is -0.610. The molecule has 0 bridgehead atoms. The fourth-order valence-electron chi connectivity index (χ4n) is 1.43. The average Bonchev–Trinajstić information content (AvgIpc) is 2.24. The largest absolute Gasteiger partial charge is 0.396 e. The average molecular weight is 216 g/mol. The van der Waals surface area contributed by atoms with Crippen molar-refractivity contribution in [3.8, 4) is 0 Å². The highest BCUT2D eigenvalue weighted by Gasteiger charge is 2.15. The van der Waals surface area contributed by atoms with Crippen LogP contribution in [-0.2, 0) is 4.79 Å². The summed E-state index contributed by atoms with van der Waals surface area (Å²) in [5.41, 5.74) is 5.39. The standard InChI is InChI=1S/C11H24N2O2/c1-3-10(6-8-14)13-11(15)9(2)5-4-7-12/h9-10,14H,3-8,12H2,1-2H3,(H,13,15). The van der Waals surface area contributed by atoms with Gasteiger partial charge in [0, 0.05) is 18.6 Å². The molecule has 0 saturated carbocycles. The van der Waals surface area contributed by atoms with Gasteiger partial charge < -0.3 is 16.2 Å². The summed E-state index contributed by atoms with van der Waals surface area (Å²) in [6.45, 7) is 4.67. The van der Waals surface area contributed by atoms with E-state index < -0.39 is 0 Å². The molecule has 0 aliphatic heterocycles. The van der Waals surface area contributed by atoms with Gasteiger partial charge in [-0.25, -0.2) is 0 Å². The maximum Gasteiger partial charge on any atom is 0.223 e. The maximum atomic E-state index is 11.7. The Morgan fingerprint density at radius 1 is 1.47 bits per heavy atom. The van der Waals surface area contributed by atoms with Crippen LogP contribution in [0.15, 0.2) is 0 Å². The lowest BCUT2D eigenvalue weighted by Gasteiger charge is -2.18. The maximum absolute atomic E-state index is 11.7. The molecule has 2 atom stereocenters. The highest BCUT2D eigenvalue weighted by Crippen LogP contribution is 2.06. The minimum absolute atomic E-state index is 0.0151. The van der Waals surface area contributed by atoms with E-state index >= 15 is 0 Å². The molecule has 0 spiro atoms. The number of carbonyl (C=O) groups excluding carboxylic acids is 1. The minimum Gasteiger partial charge on any atom is -0.396 e. The Morgan fingerprint density at radius 2 is 2.13 bits per heavy atom. The lowest BCUT2D eigenvalue weighted by atomic mass is 10.0. The molecule has 4 N–H and O–H groups in total. The zero-order chi connectivity index (χ0) is 11.7. The predicted molar refractivity (Wildman–Crippen MR) is 61.4 cm³/mol. The van der Waals surface area contributed by atoms with Gasteiger partial charge in [0.25, 0.3) is 0 Å². The van der Waals surface area contributed by atoms with Crippen molar-refractivity contribution in [3.63, 3.8) is 0 Å². The first-order chi connectivity index (χ1) is 7.15. The van der Waals surface area contributed by atoms with Gasteiger partial charge in [-0.3, -0.25) is 4.79 Å². The topological polar surface area (TPSA) is 75.3 Å². The van der Waals surface area contributed by atoms with Crippen LogP contribution in [0.3, 0.4) is 0 Å². The molecule has 90 valence electrons. The van der Waals surface area contributed by atoms with Crippen LogP contribution in [0.4, 0.5) is 0 Å². The monoisotopic (exact) mass is 216 g/mol. The number of amides is 1. The van der Waals surface area contributed by atoms with E-state index in [1.54, 1.807) is 0 Å². The molecule has 0 aromatic rings. The summed E-state index contributed by atoms with van der Waals surface area (Å²) >= 11 is 0. The molecular formula is C11H24N2O2. The van der Waals surface area contributed by atoms with E-state index in [-0.39, 0.29) is 24.5 Å². The fourth-order valence-corrected chi connectivity index (χ4v) is 1.43. The van der Waals surface area contributed by atoms with Gasteiger partial charge in [0.15, 0.2) is 0 Å². The van der Waals surface area contributed by atoms with Gasteiger partial charge in [0.05, 0.1) is 0 Å². The van der Waals surface area contributed by atoms with E-state index in [2.05, 4.69) is 5.32 Å². The summed E-state index contributed by atoms with van der Waals surface area (Å²) in [5, 5.41) is 11.7. The Bertz CT molecular complexity index is 174. The Balaban J connectivity index is 3.87. The van der Waals surface area contributed by atoms with Crippen LogP contribution in [0.5, 0.6) is 0 Å². The van der Waals surface area contributed by atoms with Crippen LogP contribution in [0.1, 0.15) is 39.5 Å². The summed E-state index contributed by atoms with van der Waals surface area (Å²) in [4.78, 5) is 11.7. The Morgan fingerprint density at radius 3 is 2.60 bits per heavy atom. The number of nitrogens with one attached hydrogen (secondary N) is 1. The van der Waals surface area contributed by atoms with Gasteiger partial charge in [-0.15, -0.1) is 0 Å². The first-order valence-electron chi connectivity index (χ1n) is 5.77. The van der Waals surface area contributed by atoms with Crippen LogP contribution < -0.4 is 11.1 Å². The molecule has 0 aliphatic carbocycles. The number of aliphatic hydroxyl groups is 1. The Labute approximate surface area is 92.2 Å². The van der Waals surface area contributed by atoms with Gasteiger partial charge in [-0.05, 0) is 32.2 Å². The molecular weight excluding hydrogens is 192 g/mol. The van der Waals surface area contributed by atoms with E-state index in [0.717, 1.165) is 19.3 Å².